The summed E-state index contributed by atoms with van der Waals surface area (Å²) in [5.74, 6) is 0. The molecule has 1 aliphatic heterocycles. The van der Waals surface area contributed by atoms with Gasteiger partial charge in [-0.15, -0.1) is 0 Å². The zero-order chi connectivity index (χ0) is 15.2. The van der Waals surface area contributed by atoms with Crippen LogP contribution in [-0.4, -0.2) is 14.5 Å². The van der Waals surface area contributed by atoms with Gasteiger partial charge < -0.3 is 5.73 Å². The highest BCUT2D eigenvalue weighted by atomic mass is 79.9. The summed E-state index contributed by atoms with van der Waals surface area (Å²) >= 11 is 3.32. The number of anilines is 2. The second kappa shape index (κ2) is 5.03. The summed E-state index contributed by atoms with van der Waals surface area (Å²) in [6.07, 6.45) is 0.700. The normalized spacial score (nSPS) is 17.8. The molecule has 2 N–H and O–H groups in total. The number of nitrogen functional groups attached to an aromatic ring is 1. The van der Waals surface area contributed by atoms with Crippen molar-refractivity contribution < 1.29 is 8.42 Å². The van der Waals surface area contributed by atoms with Crippen molar-refractivity contribution in [1.82, 2.24) is 0 Å². The van der Waals surface area contributed by atoms with Crippen LogP contribution in [0.3, 0.4) is 0 Å². The van der Waals surface area contributed by atoms with Gasteiger partial charge in [-0.1, -0.05) is 22.0 Å². The van der Waals surface area contributed by atoms with E-state index in [-0.39, 0.29) is 10.9 Å². The smallest absolute Gasteiger partial charge is 0.264 e. The first-order chi connectivity index (χ1) is 9.89. The average Bonchev–Trinajstić information content (AvgIpc) is 2.75. The lowest BCUT2D eigenvalue weighted by Crippen LogP contribution is -2.35. The quantitative estimate of drug-likeness (QED) is 0.830. The molecule has 6 heteroatoms. The molecule has 21 heavy (non-hydrogen) atoms. The first-order valence-electron chi connectivity index (χ1n) is 6.58. The Morgan fingerprint density at radius 3 is 2.52 bits per heavy atom. The Balaban J connectivity index is 2.12. The van der Waals surface area contributed by atoms with Gasteiger partial charge in [0.15, 0.2) is 0 Å². The number of nitrogens with zero attached hydrogens (tertiary/aromatic N) is 1. The van der Waals surface area contributed by atoms with Crippen LogP contribution >= 0.6 is 15.9 Å². The molecule has 0 spiro atoms. The van der Waals surface area contributed by atoms with Gasteiger partial charge in [0, 0.05) is 16.2 Å². The molecule has 0 bridgehead atoms. The molecule has 0 fully saturated rings. The monoisotopic (exact) mass is 366 g/mol. The van der Waals surface area contributed by atoms with Crippen LogP contribution in [0.15, 0.2) is 51.8 Å². The second-order valence-electron chi connectivity index (χ2n) is 5.20. The third kappa shape index (κ3) is 2.42. The first-order valence-corrected chi connectivity index (χ1v) is 8.81. The van der Waals surface area contributed by atoms with Gasteiger partial charge in [-0.05, 0) is 55.3 Å². The predicted octanol–water partition coefficient (Wildman–Crippen LogP) is 3.17. The summed E-state index contributed by atoms with van der Waals surface area (Å²) in [4.78, 5) is 0.285. The molecule has 0 aromatic heterocycles. The zero-order valence-electron chi connectivity index (χ0n) is 11.5. The van der Waals surface area contributed by atoms with Crippen LogP contribution in [-0.2, 0) is 16.4 Å². The molecule has 3 rings (SSSR count). The van der Waals surface area contributed by atoms with Crippen molar-refractivity contribution in [2.45, 2.75) is 24.3 Å². The number of benzene rings is 2. The first kappa shape index (κ1) is 14.4. The topological polar surface area (TPSA) is 63.4 Å². The van der Waals surface area contributed by atoms with E-state index in [1.165, 1.54) is 4.31 Å². The molecule has 2 aromatic rings. The molecule has 4 nitrogen and oxygen atoms in total. The number of rotatable bonds is 2. The maximum atomic E-state index is 12.9. The van der Waals surface area contributed by atoms with Crippen molar-refractivity contribution in [3.8, 4) is 0 Å². The van der Waals surface area contributed by atoms with E-state index >= 15 is 0 Å². The van der Waals surface area contributed by atoms with Gasteiger partial charge in [0.05, 0.1) is 10.6 Å². The Morgan fingerprint density at radius 1 is 1.19 bits per heavy atom. The highest BCUT2D eigenvalue weighted by molar-refractivity contribution is 9.10. The number of fused-ring (bicyclic) bond motifs is 1. The Hall–Kier alpha value is -1.53. The van der Waals surface area contributed by atoms with Crippen molar-refractivity contribution in [2.24, 2.45) is 0 Å². The highest BCUT2D eigenvalue weighted by Crippen LogP contribution is 2.37. The van der Waals surface area contributed by atoms with E-state index in [1.807, 2.05) is 13.0 Å². The summed E-state index contributed by atoms with van der Waals surface area (Å²) < 4.78 is 28.1. The van der Waals surface area contributed by atoms with Gasteiger partial charge in [-0.25, -0.2) is 8.42 Å². The molecule has 0 saturated carbocycles. The average molecular weight is 367 g/mol. The number of hydrogen-bond acceptors (Lipinski definition) is 3. The molecule has 1 atom stereocenters. The predicted molar refractivity (Wildman–Crippen MR) is 87.8 cm³/mol. The minimum Gasteiger partial charge on any atom is -0.399 e. The number of halogens is 1. The van der Waals surface area contributed by atoms with E-state index in [0.717, 1.165) is 10.0 Å². The third-order valence-corrected chi connectivity index (χ3v) is 6.10. The molecule has 0 radical (unpaired) electrons. The lowest BCUT2D eigenvalue weighted by atomic mass is 10.1. The van der Waals surface area contributed by atoms with Gasteiger partial charge in [0.2, 0.25) is 0 Å². The summed E-state index contributed by atoms with van der Waals surface area (Å²) in [6, 6.07) is 12.0. The number of hydrogen-bond donors (Lipinski definition) is 1. The Kier molecular flexibility index (Phi) is 3.45. The van der Waals surface area contributed by atoms with Crippen LogP contribution in [0.1, 0.15) is 12.5 Å². The zero-order valence-corrected chi connectivity index (χ0v) is 13.9. The fourth-order valence-corrected chi connectivity index (χ4v) is 4.63. The van der Waals surface area contributed by atoms with E-state index < -0.39 is 10.0 Å². The van der Waals surface area contributed by atoms with Crippen molar-refractivity contribution in [3.05, 3.63) is 52.5 Å². The lowest BCUT2D eigenvalue weighted by Gasteiger charge is -2.24. The van der Waals surface area contributed by atoms with Crippen LogP contribution in [0.4, 0.5) is 11.4 Å². The van der Waals surface area contributed by atoms with E-state index in [0.29, 0.717) is 17.8 Å². The van der Waals surface area contributed by atoms with E-state index in [4.69, 9.17) is 5.73 Å². The van der Waals surface area contributed by atoms with E-state index in [2.05, 4.69) is 15.9 Å². The van der Waals surface area contributed by atoms with Crippen LogP contribution in [0.2, 0.25) is 0 Å². The minimum absolute atomic E-state index is 0.115. The maximum absolute atomic E-state index is 12.9. The molecule has 1 aliphatic rings. The summed E-state index contributed by atoms with van der Waals surface area (Å²) in [5.41, 5.74) is 8.08. The largest absolute Gasteiger partial charge is 0.399 e. The molecule has 0 saturated heterocycles. The van der Waals surface area contributed by atoms with Crippen molar-refractivity contribution in [2.75, 3.05) is 10.0 Å². The standard InChI is InChI=1S/C15H15BrN2O2S/c1-10-8-11-2-5-13(17)9-15(11)18(10)21(19,20)14-6-3-12(16)4-7-14/h2-7,9-10H,8,17H2,1H3/t10-/m1/s1. The SMILES string of the molecule is C[C@@H]1Cc2ccc(N)cc2N1S(=O)(=O)c1ccc(Br)cc1. The summed E-state index contributed by atoms with van der Waals surface area (Å²) in [6.45, 7) is 1.91. The van der Waals surface area contributed by atoms with Crippen molar-refractivity contribution in [3.63, 3.8) is 0 Å². The van der Waals surface area contributed by atoms with Gasteiger partial charge in [-0.3, -0.25) is 4.31 Å². The van der Waals surface area contributed by atoms with Gasteiger partial charge in [0.1, 0.15) is 0 Å². The molecule has 0 amide bonds. The number of sulfonamides is 1. The molecule has 0 aliphatic carbocycles. The Bertz CT molecular complexity index is 788. The minimum atomic E-state index is -3.58. The molecule has 2 aromatic carbocycles. The fraction of sp³-hybridized carbons (Fsp3) is 0.200. The molecule has 1 heterocycles. The van der Waals surface area contributed by atoms with Crippen molar-refractivity contribution >= 4 is 37.3 Å². The van der Waals surface area contributed by atoms with Gasteiger partial charge in [0.25, 0.3) is 10.0 Å². The molecular weight excluding hydrogens is 352 g/mol. The second-order valence-corrected chi connectivity index (χ2v) is 7.93. The summed E-state index contributed by atoms with van der Waals surface area (Å²) in [7, 11) is -3.58. The summed E-state index contributed by atoms with van der Waals surface area (Å²) in [5, 5.41) is 0. The number of nitrogens with two attached hydrogens (primary N) is 1. The van der Waals surface area contributed by atoms with Crippen LogP contribution in [0.5, 0.6) is 0 Å². The van der Waals surface area contributed by atoms with Gasteiger partial charge >= 0.3 is 0 Å². The van der Waals surface area contributed by atoms with Crippen LogP contribution in [0, 0.1) is 0 Å². The van der Waals surface area contributed by atoms with Crippen molar-refractivity contribution in [1.29, 1.82) is 0 Å². The molecule has 0 unspecified atom stereocenters. The maximum Gasteiger partial charge on any atom is 0.264 e. The Labute approximate surface area is 132 Å². The van der Waals surface area contributed by atoms with Crippen LogP contribution in [0.25, 0.3) is 0 Å². The lowest BCUT2D eigenvalue weighted by molar-refractivity contribution is 0.584. The van der Waals surface area contributed by atoms with E-state index in [1.54, 1.807) is 36.4 Å². The highest BCUT2D eigenvalue weighted by Gasteiger charge is 2.36. The fourth-order valence-electron chi connectivity index (χ4n) is 2.68. The Morgan fingerprint density at radius 2 is 1.86 bits per heavy atom. The van der Waals surface area contributed by atoms with E-state index in [9.17, 15) is 8.42 Å². The van der Waals surface area contributed by atoms with Gasteiger partial charge in [-0.2, -0.15) is 0 Å². The molecular formula is C15H15BrN2O2S. The van der Waals surface area contributed by atoms with Crippen LogP contribution < -0.4 is 10.0 Å². The molecule has 110 valence electrons. The third-order valence-electron chi connectivity index (χ3n) is 3.63.